The molecule has 12 nitrogen and oxygen atoms in total. The van der Waals surface area contributed by atoms with Crippen molar-refractivity contribution in [3.63, 3.8) is 0 Å². The summed E-state index contributed by atoms with van der Waals surface area (Å²) in [5.41, 5.74) is 1.82. The van der Waals surface area contributed by atoms with Crippen LogP contribution < -0.4 is 10.6 Å². The molecule has 2 saturated heterocycles. The van der Waals surface area contributed by atoms with E-state index in [-0.39, 0.29) is 18.7 Å². The second-order valence-electron chi connectivity index (χ2n) is 8.37. The summed E-state index contributed by atoms with van der Waals surface area (Å²) in [6.07, 6.45) is 3.99. The molecule has 2 fully saturated rings. The van der Waals surface area contributed by atoms with Crippen LogP contribution in [0.2, 0.25) is 0 Å². The van der Waals surface area contributed by atoms with Crippen molar-refractivity contribution in [2.75, 3.05) is 11.9 Å². The summed E-state index contributed by atoms with van der Waals surface area (Å²) in [4.78, 5) is 36.1. The van der Waals surface area contributed by atoms with Crippen molar-refractivity contribution in [1.29, 1.82) is 0 Å². The van der Waals surface area contributed by atoms with Gasteiger partial charge in [0.1, 0.15) is 18.5 Å². The Morgan fingerprint density at radius 3 is 2.69 bits per heavy atom. The van der Waals surface area contributed by atoms with Crippen molar-refractivity contribution in [2.45, 2.75) is 50.6 Å². The minimum Gasteiger partial charge on any atom is -0.481 e. The van der Waals surface area contributed by atoms with Crippen LogP contribution in [-0.4, -0.2) is 67.8 Å². The maximum absolute atomic E-state index is 12.0. The van der Waals surface area contributed by atoms with Crippen LogP contribution in [0.15, 0.2) is 49.1 Å². The first-order valence-corrected chi connectivity index (χ1v) is 11.7. The van der Waals surface area contributed by atoms with Gasteiger partial charge in [-0.3, -0.25) is 14.7 Å². The number of nitrogens with zero attached hydrogens (tertiary/aromatic N) is 4. The topological polar surface area (TPSA) is 150 Å². The molecule has 2 aromatic heterocycles. The number of carbonyl (C=O) groups excluding carboxylic acids is 1. The number of rotatable bonds is 8. The van der Waals surface area contributed by atoms with Gasteiger partial charge in [-0.25, -0.2) is 19.7 Å². The van der Waals surface area contributed by atoms with Gasteiger partial charge in [0.2, 0.25) is 0 Å². The summed E-state index contributed by atoms with van der Waals surface area (Å²) in [5.74, 6) is -0.658. The second kappa shape index (κ2) is 10.4. The molecule has 0 spiro atoms. The first-order valence-electron chi connectivity index (χ1n) is 11.7. The summed E-state index contributed by atoms with van der Waals surface area (Å²) in [6, 6.07) is 9.36. The van der Waals surface area contributed by atoms with Gasteiger partial charge >= 0.3 is 12.0 Å². The molecule has 5 atom stereocenters. The number of fused-ring (bicyclic) bond motifs is 2. The van der Waals surface area contributed by atoms with E-state index in [9.17, 15) is 14.7 Å². The zero-order valence-electron chi connectivity index (χ0n) is 19.5. The third-order valence-electron chi connectivity index (χ3n) is 5.96. The lowest BCUT2D eigenvalue weighted by Gasteiger charge is -2.20. The molecule has 1 unspecified atom stereocenters. The van der Waals surface area contributed by atoms with Gasteiger partial charge in [0, 0.05) is 13.0 Å². The van der Waals surface area contributed by atoms with Crippen molar-refractivity contribution in [3.8, 4) is 0 Å². The Bertz CT molecular complexity index is 1260. The monoisotopic (exact) mass is 494 g/mol. The summed E-state index contributed by atoms with van der Waals surface area (Å²) in [5, 5.41) is 14.5. The number of imidazole rings is 1. The minimum absolute atomic E-state index is 0.0675. The number of anilines is 1. The maximum atomic E-state index is 12.0. The number of hydrogen-bond donors (Lipinski definition) is 3. The van der Waals surface area contributed by atoms with Gasteiger partial charge in [0.15, 0.2) is 29.5 Å². The largest absolute Gasteiger partial charge is 0.481 e. The fourth-order valence-corrected chi connectivity index (χ4v) is 4.37. The number of aliphatic carboxylic acids is 1. The summed E-state index contributed by atoms with van der Waals surface area (Å²) in [7, 11) is 0. The van der Waals surface area contributed by atoms with Crippen LogP contribution in [0.1, 0.15) is 31.6 Å². The molecule has 1 aromatic carbocycles. The van der Waals surface area contributed by atoms with Crippen molar-refractivity contribution < 1.29 is 28.9 Å². The van der Waals surface area contributed by atoms with Gasteiger partial charge < -0.3 is 24.6 Å². The molecule has 0 bridgehead atoms. The molecule has 2 aliphatic rings. The molecule has 3 N–H and O–H groups in total. The first kappa shape index (κ1) is 23.9. The molecule has 2 amide bonds. The highest BCUT2D eigenvalue weighted by Gasteiger charge is 2.53. The number of nitrogens with one attached hydrogen (secondary N) is 2. The van der Waals surface area contributed by atoms with Crippen LogP contribution in [-0.2, 0) is 19.0 Å². The maximum Gasteiger partial charge on any atom is 0.320 e. The third kappa shape index (κ3) is 4.91. The lowest BCUT2D eigenvalue weighted by Crippen LogP contribution is -2.29. The van der Waals surface area contributed by atoms with E-state index in [1.54, 1.807) is 10.9 Å². The lowest BCUT2D eigenvalue weighted by atomic mass is 10.1. The molecule has 3 aromatic rings. The Balaban J connectivity index is 1.41. The number of carboxylic acids is 1. The quantitative estimate of drug-likeness (QED) is 0.429. The van der Waals surface area contributed by atoms with E-state index in [2.05, 4.69) is 25.6 Å². The number of carbonyl (C=O) groups is 2. The average Bonchev–Trinajstić information content (AvgIpc) is 3.56. The number of benzene rings is 1. The molecule has 4 heterocycles. The van der Waals surface area contributed by atoms with Gasteiger partial charge in [-0.1, -0.05) is 36.4 Å². The fourth-order valence-electron chi connectivity index (χ4n) is 4.37. The molecule has 0 aliphatic carbocycles. The van der Waals surface area contributed by atoms with Crippen LogP contribution in [0.25, 0.3) is 17.2 Å². The van der Waals surface area contributed by atoms with Gasteiger partial charge in [0.05, 0.1) is 12.4 Å². The van der Waals surface area contributed by atoms with Crippen LogP contribution in [0, 0.1) is 0 Å². The highest BCUT2D eigenvalue weighted by molar-refractivity contribution is 5.95. The van der Waals surface area contributed by atoms with Crippen molar-refractivity contribution in [1.82, 2.24) is 24.8 Å². The van der Waals surface area contributed by atoms with E-state index in [1.807, 2.05) is 49.4 Å². The van der Waals surface area contributed by atoms with Crippen molar-refractivity contribution >= 4 is 35.1 Å². The molecular formula is C24H26N6O6. The lowest BCUT2D eigenvalue weighted by molar-refractivity contribution is -0.141. The Morgan fingerprint density at radius 2 is 1.92 bits per heavy atom. The van der Waals surface area contributed by atoms with E-state index in [0.717, 1.165) is 5.56 Å². The number of ether oxygens (including phenoxy) is 3. The number of urea groups is 1. The highest BCUT2D eigenvalue weighted by Crippen LogP contribution is 2.42. The molecule has 0 saturated carbocycles. The van der Waals surface area contributed by atoms with Crippen LogP contribution in [0.4, 0.5) is 10.6 Å². The van der Waals surface area contributed by atoms with Crippen LogP contribution in [0.3, 0.4) is 0 Å². The highest BCUT2D eigenvalue weighted by atomic mass is 16.8. The Morgan fingerprint density at radius 1 is 1.11 bits per heavy atom. The third-order valence-corrected chi connectivity index (χ3v) is 5.96. The number of amides is 2. The molecular weight excluding hydrogens is 468 g/mol. The number of hydrogen-bond acceptors (Lipinski definition) is 8. The van der Waals surface area contributed by atoms with E-state index in [0.29, 0.717) is 17.7 Å². The molecule has 2 aliphatic heterocycles. The van der Waals surface area contributed by atoms with Gasteiger partial charge in [-0.15, -0.1) is 0 Å². The van der Waals surface area contributed by atoms with Crippen molar-refractivity contribution in [3.05, 3.63) is 54.6 Å². The average molecular weight is 495 g/mol. The molecule has 12 heteroatoms. The Kier molecular flexibility index (Phi) is 6.89. The minimum atomic E-state index is -0.917. The number of carboxylic acid groups (broad SMARTS) is 1. The van der Waals surface area contributed by atoms with E-state index in [1.165, 1.54) is 6.33 Å². The van der Waals surface area contributed by atoms with Gasteiger partial charge in [-0.2, -0.15) is 0 Å². The second-order valence-corrected chi connectivity index (χ2v) is 8.37. The predicted octanol–water partition coefficient (Wildman–Crippen LogP) is 2.55. The summed E-state index contributed by atoms with van der Waals surface area (Å²) >= 11 is 0. The van der Waals surface area contributed by atoms with Gasteiger partial charge in [-0.05, 0) is 25.0 Å². The smallest absolute Gasteiger partial charge is 0.320 e. The zero-order valence-corrected chi connectivity index (χ0v) is 19.5. The van der Waals surface area contributed by atoms with E-state index < -0.39 is 42.8 Å². The normalized spacial score (nSPS) is 25.3. The van der Waals surface area contributed by atoms with Crippen LogP contribution >= 0.6 is 0 Å². The summed E-state index contributed by atoms with van der Waals surface area (Å²) in [6.45, 7) is 2.27. The van der Waals surface area contributed by atoms with Crippen molar-refractivity contribution in [2.24, 2.45) is 0 Å². The SMILES string of the molecule is CCNC(=O)Nc1ncnc2c1ncn2[C@@H]1O[C@H](CCC(=O)O)[C@@H]2O[C@H](/C=C/c3ccccc3)OC21. The molecule has 0 radical (unpaired) electrons. The summed E-state index contributed by atoms with van der Waals surface area (Å²) < 4.78 is 20.3. The zero-order chi connectivity index (χ0) is 25.1. The predicted molar refractivity (Wildman–Crippen MR) is 128 cm³/mol. The van der Waals surface area contributed by atoms with Crippen LogP contribution in [0.5, 0.6) is 0 Å². The van der Waals surface area contributed by atoms with E-state index >= 15 is 0 Å². The molecule has 188 valence electrons. The van der Waals surface area contributed by atoms with Gasteiger partial charge in [0.25, 0.3) is 0 Å². The first-order chi connectivity index (χ1) is 17.5. The standard InChI is InChI=1S/C24H26N6O6/c1-2-25-24(33)29-21-18-22(27-12-26-21)30(13-28-18)23-20-19(15(34-23)9-10-16(31)32)35-17(36-20)11-8-14-6-4-3-5-7-14/h3-8,11-13,15,17,19-20,23H,2,9-10H2,1H3,(H,31,32)(H2,25,26,27,29,33)/b11-8+/t15-,17+,19+,20?,23-/m1/s1. The Hall–Kier alpha value is -3.87. The van der Waals surface area contributed by atoms with E-state index in [4.69, 9.17) is 14.2 Å². The molecule has 36 heavy (non-hydrogen) atoms. The fraction of sp³-hybridized carbons (Fsp3) is 0.375. The number of aromatic nitrogens is 4. The Labute approximate surface area is 206 Å². The molecule has 5 rings (SSSR count).